The smallest absolute Gasteiger partial charge is 0.257 e. The van der Waals surface area contributed by atoms with Gasteiger partial charge >= 0.3 is 0 Å². The minimum atomic E-state index is -0.488. The molecule has 2 aromatic rings. The second-order valence-electron chi connectivity index (χ2n) is 4.30. The number of carbonyl (C=O) groups excluding carboxylic acids is 1. The summed E-state index contributed by atoms with van der Waals surface area (Å²) in [5.41, 5.74) is 0.974. The summed E-state index contributed by atoms with van der Waals surface area (Å²) in [4.78, 5) is 23.1. The van der Waals surface area contributed by atoms with Crippen LogP contribution in [0.15, 0.2) is 41.3 Å². The van der Waals surface area contributed by atoms with Gasteiger partial charge in [-0.3, -0.25) is 9.59 Å². The van der Waals surface area contributed by atoms with E-state index in [2.05, 4.69) is 5.32 Å². The fourth-order valence-electron chi connectivity index (χ4n) is 1.64. The minimum absolute atomic E-state index is 0.115. The van der Waals surface area contributed by atoms with Crippen molar-refractivity contribution in [2.45, 2.75) is 6.92 Å². The summed E-state index contributed by atoms with van der Waals surface area (Å²) in [6.07, 6.45) is 1.41. The number of hydrogen-bond donors (Lipinski definition) is 1. The molecule has 1 amide bonds. The predicted molar refractivity (Wildman–Crippen MR) is 70.8 cm³/mol. The maximum absolute atomic E-state index is 13.6. The number of rotatable bonds is 2. The highest BCUT2D eigenvalue weighted by molar-refractivity contribution is 6.04. The highest BCUT2D eigenvalue weighted by atomic mass is 19.1. The summed E-state index contributed by atoms with van der Waals surface area (Å²) in [7, 11) is 1.55. The molecular weight excluding hydrogens is 247 g/mol. The van der Waals surface area contributed by atoms with E-state index in [0.29, 0.717) is 5.56 Å². The van der Waals surface area contributed by atoms with E-state index < -0.39 is 11.7 Å². The van der Waals surface area contributed by atoms with Gasteiger partial charge in [-0.2, -0.15) is 0 Å². The SMILES string of the molecule is Cc1ccc(NC(=O)c2ccc(=O)n(C)c2)c(F)c1. The third kappa shape index (κ3) is 2.88. The Morgan fingerprint density at radius 1 is 1.26 bits per heavy atom. The highest BCUT2D eigenvalue weighted by Gasteiger charge is 2.10. The van der Waals surface area contributed by atoms with Crippen molar-refractivity contribution in [2.75, 3.05) is 5.32 Å². The molecular formula is C14H13FN2O2. The van der Waals surface area contributed by atoms with Gasteiger partial charge in [-0.05, 0) is 30.7 Å². The van der Waals surface area contributed by atoms with Crippen LogP contribution in [0.1, 0.15) is 15.9 Å². The molecule has 0 unspecified atom stereocenters. The van der Waals surface area contributed by atoms with Crippen molar-refractivity contribution in [1.82, 2.24) is 4.57 Å². The molecule has 0 bridgehead atoms. The van der Waals surface area contributed by atoms with Gasteiger partial charge in [-0.25, -0.2) is 4.39 Å². The zero-order chi connectivity index (χ0) is 14.0. The Kier molecular flexibility index (Phi) is 3.46. The molecule has 4 nitrogen and oxygen atoms in total. The summed E-state index contributed by atoms with van der Waals surface area (Å²) in [6, 6.07) is 7.25. The molecule has 98 valence electrons. The van der Waals surface area contributed by atoms with Crippen molar-refractivity contribution in [3.63, 3.8) is 0 Å². The van der Waals surface area contributed by atoms with E-state index in [-0.39, 0.29) is 11.2 Å². The van der Waals surface area contributed by atoms with Gasteiger partial charge in [0.05, 0.1) is 11.3 Å². The Morgan fingerprint density at radius 2 is 2.00 bits per heavy atom. The van der Waals surface area contributed by atoms with Crippen LogP contribution < -0.4 is 10.9 Å². The molecule has 0 atom stereocenters. The molecule has 0 fully saturated rings. The molecule has 0 aliphatic heterocycles. The van der Waals surface area contributed by atoms with Crippen molar-refractivity contribution in [1.29, 1.82) is 0 Å². The third-order valence-electron chi connectivity index (χ3n) is 2.72. The number of amides is 1. The first kappa shape index (κ1) is 13.0. The number of carbonyl (C=O) groups is 1. The molecule has 2 rings (SSSR count). The largest absolute Gasteiger partial charge is 0.319 e. The van der Waals surface area contributed by atoms with Crippen LogP contribution in [-0.2, 0) is 7.05 Å². The average molecular weight is 260 g/mol. The quantitative estimate of drug-likeness (QED) is 0.898. The van der Waals surface area contributed by atoms with Gasteiger partial charge in [0, 0.05) is 19.3 Å². The lowest BCUT2D eigenvalue weighted by atomic mass is 10.2. The number of benzene rings is 1. The van der Waals surface area contributed by atoms with Crippen LogP contribution in [-0.4, -0.2) is 10.5 Å². The molecule has 0 aliphatic carbocycles. The molecule has 0 aliphatic rings. The maximum Gasteiger partial charge on any atom is 0.257 e. The van der Waals surface area contributed by atoms with Crippen LogP contribution in [0.5, 0.6) is 0 Å². The number of anilines is 1. The van der Waals surface area contributed by atoms with E-state index in [1.54, 1.807) is 20.0 Å². The van der Waals surface area contributed by atoms with Gasteiger partial charge in [0.2, 0.25) is 5.56 Å². The standard InChI is InChI=1S/C14H13FN2O2/c1-9-3-5-12(11(15)7-9)16-14(19)10-4-6-13(18)17(2)8-10/h3-8H,1-2H3,(H,16,19). The van der Waals surface area contributed by atoms with Crippen molar-refractivity contribution >= 4 is 11.6 Å². The van der Waals surface area contributed by atoms with E-state index in [0.717, 1.165) is 5.56 Å². The number of nitrogens with one attached hydrogen (secondary N) is 1. The predicted octanol–water partition coefficient (Wildman–Crippen LogP) is 2.09. The highest BCUT2D eigenvalue weighted by Crippen LogP contribution is 2.16. The first-order chi connectivity index (χ1) is 8.97. The zero-order valence-corrected chi connectivity index (χ0v) is 10.6. The van der Waals surface area contributed by atoms with Gasteiger partial charge < -0.3 is 9.88 Å². The van der Waals surface area contributed by atoms with Crippen molar-refractivity contribution in [3.8, 4) is 0 Å². The Labute approximate surface area is 109 Å². The molecule has 1 N–H and O–H groups in total. The number of hydrogen-bond acceptors (Lipinski definition) is 2. The molecule has 19 heavy (non-hydrogen) atoms. The van der Waals surface area contributed by atoms with E-state index in [1.165, 1.54) is 35.0 Å². The Morgan fingerprint density at radius 3 is 2.63 bits per heavy atom. The molecule has 0 saturated carbocycles. The lowest BCUT2D eigenvalue weighted by Crippen LogP contribution is -2.19. The monoisotopic (exact) mass is 260 g/mol. The van der Waals surface area contributed by atoms with Crippen LogP contribution in [0.2, 0.25) is 0 Å². The minimum Gasteiger partial charge on any atom is -0.319 e. The summed E-state index contributed by atoms with van der Waals surface area (Å²) < 4.78 is 14.9. The van der Waals surface area contributed by atoms with E-state index in [9.17, 15) is 14.0 Å². The molecule has 1 aromatic carbocycles. The first-order valence-corrected chi connectivity index (χ1v) is 5.71. The second-order valence-corrected chi connectivity index (χ2v) is 4.30. The number of nitrogens with zero attached hydrogens (tertiary/aromatic N) is 1. The molecule has 0 radical (unpaired) electrons. The Bertz CT molecular complexity index is 692. The van der Waals surface area contributed by atoms with Crippen molar-refractivity contribution in [3.05, 3.63) is 63.8 Å². The molecule has 1 aromatic heterocycles. The van der Waals surface area contributed by atoms with E-state index in [1.807, 2.05) is 0 Å². The molecule has 5 heteroatoms. The third-order valence-corrected chi connectivity index (χ3v) is 2.72. The van der Waals surface area contributed by atoms with Crippen LogP contribution >= 0.6 is 0 Å². The van der Waals surface area contributed by atoms with Crippen molar-refractivity contribution < 1.29 is 9.18 Å². The van der Waals surface area contributed by atoms with Gasteiger partial charge in [-0.1, -0.05) is 6.07 Å². The van der Waals surface area contributed by atoms with E-state index in [4.69, 9.17) is 0 Å². The van der Waals surface area contributed by atoms with Crippen molar-refractivity contribution in [2.24, 2.45) is 7.05 Å². The van der Waals surface area contributed by atoms with Gasteiger partial charge in [0.15, 0.2) is 0 Å². The number of pyridine rings is 1. The Balaban J connectivity index is 2.25. The first-order valence-electron chi connectivity index (χ1n) is 5.71. The summed E-state index contributed by atoms with van der Waals surface area (Å²) in [6.45, 7) is 1.77. The second kappa shape index (κ2) is 5.06. The molecule has 0 spiro atoms. The zero-order valence-electron chi connectivity index (χ0n) is 10.6. The lowest BCUT2D eigenvalue weighted by Gasteiger charge is -2.07. The van der Waals surface area contributed by atoms with Crippen LogP contribution in [0.4, 0.5) is 10.1 Å². The van der Waals surface area contributed by atoms with Crippen LogP contribution in [0.25, 0.3) is 0 Å². The number of aryl methyl sites for hydroxylation is 2. The van der Waals surface area contributed by atoms with Gasteiger partial charge in [-0.15, -0.1) is 0 Å². The summed E-state index contributed by atoms with van der Waals surface area (Å²) >= 11 is 0. The summed E-state index contributed by atoms with van der Waals surface area (Å²) in [5, 5.41) is 2.47. The maximum atomic E-state index is 13.6. The number of halogens is 1. The number of aromatic nitrogens is 1. The van der Waals surface area contributed by atoms with E-state index >= 15 is 0 Å². The lowest BCUT2D eigenvalue weighted by molar-refractivity contribution is 0.102. The fraction of sp³-hybridized carbons (Fsp3) is 0.143. The molecule has 0 saturated heterocycles. The van der Waals surface area contributed by atoms with Crippen LogP contribution in [0, 0.1) is 12.7 Å². The Hall–Kier alpha value is -2.43. The normalized spacial score (nSPS) is 10.3. The molecule has 1 heterocycles. The van der Waals surface area contributed by atoms with Crippen LogP contribution in [0.3, 0.4) is 0 Å². The summed E-state index contributed by atoms with van der Waals surface area (Å²) in [5.74, 6) is -0.948. The topological polar surface area (TPSA) is 51.1 Å². The fourth-order valence-corrected chi connectivity index (χ4v) is 1.64. The van der Waals surface area contributed by atoms with Gasteiger partial charge in [0.25, 0.3) is 5.91 Å². The van der Waals surface area contributed by atoms with Gasteiger partial charge in [0.1, 0.15) is 5.82 Å². The average Bonchev–Trinajstić information content (AvgIpc) is 2.36.